The highest BCUT2D eigenvalue weighted by Crippen LogP contribution is 1.91. The van der Waals surface area contributed by atoms with Gasteiger partial charge in [0.2, 0.25) is 0 Å². The van der Waals surface area contributed by atoms with E-state index in [-0.39, 0.29) is 0 Å². The molecule has 0 radical (unpaired) electrons. The van der Waals surface area contributed by atoms with Crippen molar-refractivity contribution in [2.45, 2.75) is 6.04 Å². The Labute approximate surface area is 47.4 Å². The van der Waals surface area contributed by atoms with Gasteiger partial charge in [-0.2, -0.15) is 0 Å². The molecule has 4 nitrogen and oxygen atoms in total. The summed E-state index contributed by atoms with van der Waals surface area (Å²) in [5.41, 5.74) is 4.79. The molecule has 0 saturated carbocycles. The zero-order valence-corrected chi connectivity index (χ0v) is 4.48. The Morgan fingerprint density at radius 1 is 2.00 bits per heavy atom. The van der Waals surface area contributed by atoms with Gasteiger partial charge in [0.1, 0.15) is 0 Å². The molecule has 0 aliphatic carbocycles. The van der Waals surface area contributed by atoms with Crippen LogP contribution in [0.1, 0.15) is 0 Å². The first-order valence-corrected chi connectivity index (χ1v) is 2.56. The molecule has 46 valence electrons. The van der Waals surface area contributed by atoms with Gasteiger partial charge in [0.05, 0.1) is 0 Å². The summed E-state index contributed by atoms with van der Waals surface area (Å²) in [4.78, 5) is 10.0. The predicted molar refractivity (Wildman–Crippen MR) is 29.4 cm³/mol. The Kier molecular flexibility index (Phi) is 1.34. The summed E-state index contributed by atoms with van der Waals surface area (Å²) in [6.07, 6.45) is 0. The fourth-order valence-corrected chi connectivity index (χ4v) is 0.451. The van der Waals surface area contributed by atoms with Crippen molar-refractivity contribution in [3.8, 4) is 0 Å². The number of nitrogens with one attached hydrogen (secondary N) is 2. The SMILES string of the molecule is NC(=O)NCC1CN1. The largest absolute Gasteiger partial charge is 0.352 e. The van der Waals surface area contributed by atoms with Crippen LogP contribution in [0.3, 0.4) is 0 Å². The van der Waals surface area contributed by atoms with Crippen molar-refractivity contribution in [1.29, 1.82) is 0 Å². The Bertz CT molecular complexity index is 99.5. The zero-order valence-electron chi connectivity index (χ0n) is 4.48. The summed E-state index contributed by atoms with van der Waals surface area (Å²) >= 11 is 0. The molecule has 1 unspecified atom stereocenters. The Balaban J connectivity index is 1.95. The third-order valence-electron chi connectivity index (χ3n) is 1.02. The molecule has 4 N–H and O–H groups in total. The van der Waals surface area contributed by atoms with E-state index in [1.54, 1.807) is 0 Å². The highest BCUT2D eigenvalue weighted by atomic mass is 16.2. The molecular formula is C4H9N3O. The van der Waals surface area contributed by atoms with Crippen LogP contribution >= 0.6 is 0 Å². The lowest BCUT2D eigenvalue weighted by Crippen LogP contribution is -2.32. The molecule has 1 aliphatic heterocycles. The van der Waals surface area contributed by atoms with Gasteiger partial charge in [0, 0.05) is 19.1 Å². The monoisotopic (exact) mass is 115 g/mol. The molecule has 1 saturated heterocycles. The molecule has 2 amide bonds. The van der Waals surface area contributed by atoms with Crippen molar-refractivity contribution in [3.63, 3.8) is 0 Å². The quantitative estimate of drug-likeness (QED) is 0.388. The minimum absolute atomic E-state index is 0.446. The second kappa shape index (κ2) is 2.00. The molecule has 1 atom stereocenters. The lowest BCUT2D eigenvalue weighted by Gasteiger charge is -1.94. The molecule has 8 heavy (non-hydrogen) atoms. The highest BCUT2D eigenvalue weighted by Gasteiger charge is 2.19. The molecule has 0 aromatic heterocycles. The van der Waals surface area contributed by atoms with E-state index in [0.29, 0.717) is 12.6 Å². The molecule has 0 aromatic carbocycles. The first-order valence-electron chi connectivity index (χ1n) is 2.56. The number of rotatable bonds is 2. The van der Waals surface area contributed by atoms with Gasteiger partial charge in [-0.05, 0) is 0 Å². The van der Waals surface area contributed by atoms with Gasteiger partial charge in [-0.15, -0.1) is 0 Å². The van der Waals surface area contributed by atoms with Gasteiger partial charge in [-0.1, -0.05) is 0 Å². The first kappa shape index (κ1) is 5.37. The predicted octanol–water partition coefficient (Wildman–Crippen LogP) is -1.37. The van der Waals surface area contributed by atoms with Crippen LogP contribution in [0.15, 0.2) is 0 Å². The maximum atomic E-state index is 10.0. The number of carbonyl (C=O) groups is 1. The number of primary amides is 1. The van der Waals surface area contributed by atoms with Crippen LogP contribution in [-0.2, 0) is 0 Å². The third-order valence-corrected chi connectivity index (χ3v) is 1.02. The summed E-state index contributed by atoms with van der Waals surface area (Å²) in [6, 6.07) is 0.0289. The molecule has 1 fully saturated rings. The van der Waals surface area contributed by atoms with Crippen LogP contribution in [0.4, 0.5) is 4.79 Å². The van der Waals surface area contributed by atoms with E-state index in [4.69, 9.17) is 5.73 Å². The van der Waals surface area contributed by atoms with E-state index < -0.39 is 6.03 Å². The molecular weight excluding hydrogens is 106 g/mol. The van der Waals surface area contributed by atoms with Gasteiger partial charge in [-0.3, -0.25) is 0 Å². The number of nitrogens with two attached hydrogens (primary N) is 1. The molecule has 1 heterocycles. The third kappa shape index (κ3) is 1.79. The van der Waals surface area contributed by atoms with Gasteiger partial charge in [0.25, 0.3) is 0 Å². The van der Waals surface area contributed by atoms with Crippen molar-refractivity contribution < 1.29 is 4.79 Å². The molecule has 0 bridgehead atoms. The summed E-state index contributed by atoms with van der Waals surface area (Å²) in [7, 11) is 0. The fraction of sp³-hybridized carbons (Fsp3) is 0.750. The van der Waals surface area contributed by atoms with Crippen molar-refractivity contribution >= 4 is 6.03 Å². The Hall–Kier alpha value is -0.770. The minimum atomic E-state index is -0.446. The van der Waals surface area contributed by atoms with Crippen LogP contribution in [0.25, 0.3) is 0 Å². The maximum absolute atomic E-state index is 10.0. The van der Waals surface area contributed by atoms with E-state index in [1.165, 1.54) is 0 Å². The fourth-order valence-electron chi connectivity index (χ4n) is 0.451. The topological polar surface area (TPSA) is 77.1 Å². The van der Waals surface area contributed by atoms with E-state index in [9.17, 15) is 4.79 Å². The lowest BCUT2D eigenvalue weighted by atomic mass is 10.5. The van der Waals surface area contributed by atoms with Gasteiger partial charge in [0.15, 0.2) is 0 Å². The molecule has 0 spiro atoms. The first-order chi connectivity index (χ1) is 3.79. The van der Waals surface area contributed by atoms with Crippen LogP contribution in [0.5, 0.6) is 0 Å². The molecule has 4 heteroatoms. The van der Waals surface area contributed by atoms with E-state index in [2.05, 4.69) is 10.6 Å². The second-order valence-electron chi connectivity index (χ2n) is 1.85. The smallest absolute Gasteiger partial charge is 0.312 e. The summed E-state index contributed by atoms with van der Waals surface area (Å²) in [6.45, 7) is 1.66. The van der Waals surface area contributed by atoms with Crippen molar-refractivity contribution in [2.75, 3.05) is 13.1 Å². The van der Waals surface area contributed by atoms with Crippen molar-refractivity contribution in [2.24, 2.45) is 5.73 Å². The zero-order chi connectivity index (χ0) is 5.98. The second-order valence-corrected chi connectivity index (χ2v) is 1.85. The van der Waals surface area contributed by atoms with Crippen molar-refractivity contribution in [1.82, 2.24) is 10.6 Å². The van der Waals surface area contributed by atoms with E-state index in [0.717, 1.165) is 6.54 Å². The number of hydrogen-bond donors (Lipinski definition) is 3. The summed E-state index contributed by atoms with van der Waals surface area (Å²) < 4.78 is 0. The van der Waals surface area contributed by atoms with Gasteiger partial charge < -0.3 is 16.4 Å². The maximum Gasteiger partial charge on any atom is 0.312 e. The van der Waals surface area contributed by atoms with Gasteiger partial charge in [-0.25, -0.2) is 4.79 Å². The van der Waals surface area contributed by atoms with Crippen LogP contribution in [0, 0.1) is 0 Å². The Morgan fingerprint density at radius 2 is 2.62 bits per heavy atom. The normalized spacial score (nSPS) is 24.8. The van der Waals surface area contributed by atoms with Crippen LogP contribution < -0.4 is 16.4 Å². The standard InChI is InChI=1S/C4H9N3O/c5-4(8)7-2-3-1-6-3/h3,6H,1-2H2,(H3,5,7,8). The number of urea groups is 1. The number of amides is 2. The van der Waals surface area contributed by atoms with Crippen LogP contribution in [-0.4, -0.2) is 25.2 Å². The van der Waals surface area contributed by atoms with E-state index in [1.807, 2.05) is 0 Å². The molecule has 1 rings (SSSR count). The van der Waals surface area contributed by atoms with Gasteiger partial charge >= 0.3 is 6.03 Å². The molecule has 0 aromatic rings. The van der Waals surface area contributed by atoms with Crippen molar-refractivity contribution in [3.05, 3.63) is 0 Å². The number of carbonyl (C=O) groups excluding carboxylic acids is 1. The minimum Gasteiger partial charge on any atom is -0.352 e. The van der Waals surface area contributed by atoms with E-state index >= 15 is 0 Å². The summed E-state index contributed by atoms with van der Waals surface area (Å²) in [5.74, 6) is 0. The lowest BCUT2D eigenvalue weighted by molar-refractivity contribution is 0.249. The average Bonchev–Trinajstić information content (AvgIpc) is 2.41. The Morgan fingerprint density at radius 3 is 3.00 bits per heavy atom. The summed E-state index contributed by atoms with van der Waals surface area (Å²) in [5, 5.41) is 5.50. The molecule has 1 aliphatic rings. The highest BCUT2D eigenvalue weighted by molar-refractivity contribution is 5.71. The number of hydrogen-bond acceptors (Lipinski definition) is 2. The van der Waals surface area contributed by atoms with Crippen LogP contribution in [0.2, 0.25) is 0 Å². The average molecular weight is 115 g/mol.